The third kappa shape index (κ3) is 5.79. The molecule has 0 amide bonds. The van der Waals surface area contributed by atoms with Crippen molar-refractivity contribution in [2.45, 2.75) is 0 Å². The minimum Gasteiger partial charge on any atom is -0.507 e. The van der Waals surface area contributed by atoms with Gasteiger partial charge in [0.25, 0.3) is 0 Å². The maximum Gasteiger partial charge on any atom is 0.334 e. The Labute approximate surface area is 69.4 Å². The zero-order chi connectivity index (χ0) is 8.85. The van der Waals surface area contributed by atoms with Crippen LogP contribution in [0.15, 0.2) is 11.8 Å². The Balaban J connectivity index is 3.90. The van der Waals surface area contributed by atoms with E-state index >= 15 is 0 Å². The van der Waals surface area contributed by atoms with Gasteiger partial charge in [0.05, 0.1) is 25.7 Å². The molecule has 0 aliphatic carbocycles. The van der Waals surface area contributed by atoms with Crippen molar-refractivity contribution in [1.82, 2.24) is 0 Å². The van der Waals surface area contributed by atoms with E-state index in [1.165, 1.54) is 7.11 Å². The molecule has 0 aliphatic rings. The van der Waals surface area contributed by atoms with Gasteiger partial charge in [-0.2, -0.15) is 0 Å². The molecule has 0 spiro atoms. The summed E-state index contributed by atoms with van der Waals surface area (Å²) in [6, 6.07) is 0. The van der Waals surface area contributed by atoms with Crippen molar-refractivity contribution in [3.05, 3.63) is 11.8 Å². The fraction of sp³-hybridized carbons (Fsp3) is 0.571. The average molecular weight is 177 g/mol. The van der Waals surface area contributed by atoms with Gasteiger partial charge in [-0.3, -0.25) is 0 Å². The molecule has 0 saturated heterocycles. The summed E-state index contributed by atoms with van der Waals surface area (Å²) in [5.41, 5.74) is 0. The fourth-order valence-corrected chi connectivity index (χ4v) is 1.21. The van der Waals surface area contributed by atoms with Crippen LogP contribution >= 0.6 is 0 Å². The summed E-state index contributed by atoms with van der Waals surface area (Å²) in [7, 11) is 1.39. The Hall–Kier alpha value is -0.640. The summed E-state index contributed by atoms with van der Waals surface area (Å²) in [5.74, 6) is 0.118. The largest absolute Gasteiger partial charge is 0.507 e. The van der Waals surface area contributed by atoms with Crippen LogP contribution in [0, 0.1) is 0 Å². The van der Waals surface area contributed by atoms with Gasteiger partial charge in [-0.15, -0.1) is 0 Å². The minimum absolute atomic E-state index is 0.0881. The lowest BCUT2D eigenvalue weighted by atomic mass is 10.5. The predicted molar refractivity (Wildman–Crippen MR) is 46.8 cm³/mol. The molecule has 0 atom stereocenters. The molecule has 0 saturated carbocycles. The van der Waals surface area contributed by atoms with Gasteiger partial charge in [-0.05, 0) is 10.9 Å². The number of rotatable bonds is 3. The molecule has 0 unspecified atom stereocenters. The van der Waals surface area contributed by atoms with Crippen LogP contribution in [0.4, 0.5) is 0 Å². The number of esters is 1. The first-order chi connectivity index (χ1) is 5.06. The first-order valence-corrected chi connectivity index (χ1v) is 5.29. The summed E-state index contributed by atoms with van der Waals surface area (Å²) in [6.45, 7) is 0. The van der Waals surface area contributed by atoms with Crippen LogP contribution < -0.4 is 0 Å². The van der Waals surface area contributed by atoms with Crippen molar-refractivity contribution in [2.24, 2.45) is 0 Å². The molecule has 0 aromatic heterocycles. The summed E-state index contributed by atoms with van der Waals surface area (Å²) in [4.78, 5) is 10.5. The van der Waals surface area contributed by atoms with Crippen LogP contribution in [0.1, 0.15) is 0 Å². The van der Waals surface area contributed by atoms with Gasteiger partial charge in [0, 0.05) is 0 Å². The summed E-state index contributed by atoms with van der Waals surface area (Å²) in [6.07, 6.45) is 5.08. The van der Waals surface area contributed by atoms with Gasteiger partial charge in [0.2, 0.25) is 0 Å². The smallest absolute Gasteiger partial charge is 0.334 e. The lowest BCUT2D eigenvalue weighted by Crippen LogP contribution is -2.06. The van der Waals surface area contributed by atoms with Gasteiger partial charge >= 0.3 is 5.97 Å². The Bertz CT molecular complexity index is 163. The second-order valence-electron chi connectivity index (χ2n) is 2.29. The zero-order valence-corrected chi connectivity index (χ0v) is 7.77. The number of hydrogen-bond acceptors (Lipinski definition) is 3. The van der Waals surface area contributed by atoms with E-state index in [1.54, 1.807) is 0 Å². The summed E-state index contributed by atoms with van der Waals surface area (Å²) >= 11 is 0. The number of aliphatic hydroxyl groups is 1. The normalized spacial score (nSPS) is 11.8. The van der Waals surface area contributed by atoms with E-state index < -0.39 is 5.97 Å². The summed E-state index contributed by atoms with van der Waals surface area (Å²) in [5, 5.41) is 9.09. The van der Waals surface area contributed by atoms with Crippen LogP contribution in [0.5, 0.6) is 0 Å². The highest BCUT2D eigenvalue weighted by Crippen LogP contribution is 1.95. The van der Waals surface area contributed by atoms with E-state index in [0.29, 0.717) is 5.75 Å². The second kappa shape index (κ2) is 5.07. The maximum atomic E-state index is 10.5. The number of hydrogen-bond donors (Lipinski definition) is 1. The molecular weight excluding hydrogens is 164 g/mol. The lowest BCUT2D eigenvalue weighted by molar-refractivity contribution is -0.135. The number of carbonyl (C=O) groups excluding carboxylic acids is 1. The molecule has 1 N–H and O–H groups in total. The van der Waals surface area contributed by atoms with E-state index in [4.69, 9.17) is 5.11 Å². The molecule has 4 heteroatoms. The highest BCUT2D eigenvalue weighted by Gasteiger charge is 2.07. The topological polar surface area (TPSA) is 46.5 Å². The highest BCUT2D eigenvalue weighted by molar-refractivity contribution is 7.95. The highest BCUT2D eigenvalue weighted by atomic mass is 32.2. The van der Waals surface area contributed by atoms with Gasteiger partial charge < -0.3 is 9.84 Å². The molecule has 3 nitrogen and oxygen atoms in total. The molecule has 11 heavy (non-hydrogen) atoms. The molecule has 0 rings (SSSR count). The Morgan fingerprint density at radius 1 is 1.64 bits per heavy atom. The molecule has 0 aromatic carbocycles. The molecule has 0 heterocycles. The third-order valence-electron chi connectivity index (χ3n) is 0.922. The van der Waals surface area contributed by atoms with E-state index in [0.717, 1.165) is 6.08 Å². The molecule has 0 fully saturated rings. The lowest BCUT2D eigenvalue weighted by Gasteiger charge is -1.95. The zero-order valence-electron chi connectivity index (χ0n) is 6.96. The molecule has 64 valence electrons. The first-order valence-electron chi connectivity index (χ1n) is 3.08. The standard InChI is InChI=1S/C7H12O3S/c1-10-7(9)4-6(8)5-11(2)3/h4H,5H2,1-3H3/p+1. The van der Waals surface area contributed by atoms with Crippen molar-refractivity contribution in [2.75, 3.05) is 25.4 Å². The van der Waals surface area contributed by atoms with Crippen molar-refractivity contribution in [3.8, 4) is 0 Å². The average Bonchev–Trinajstić information content (AvgIpc) is 1.85. The van der Waals surface area contributed by atoms with Crippen molar-refractivity contribution in [1.29, 1.82) is 0 Å². The van der Waals surface area contributed by atoms with Crippen LogP contribution in [-0.2, 0) is 20.4 Å². The van der Waals surface area contributed by atoms with Gasteiger partial charge in [-0.1, -0.05) is 0 Å². The third-order valence-corrected chi connectivity index (χ3v) is 1.80. The SMILES string of the molecule is COC(=O)/C=C(\O)C[S+](C)C. The quantitative estimate of drug-likeness (QED) is 0.295. The van der Waals surface area contributed by atoms with Crippen LogP contribution in [0.25, 0.3) is 0 Å². The Kier molecular flexibility index (Phi) is 4.77. The fourth-order valence-electron chi connectivity index (χ4n) is 0.532. The molecule has 0 aliphatic heterocycles. The van der Waals surface area contributed by atoms with Crippen molar-refractivity contribution < 1.29 is 14.6 Å². The van der Waals surface area contributed by atoms with E-state index in [9.17, 15) is 4.79 Å². The van der Waals surface area contributed by atoms with Crippen LogP contribution in [0.3, 0.4) is 0 Å². The first kappa shape index (κ1) is 10.4. The number of aliphatic hydroxyl groups excluding tert-OH is 1. The van der Waals surface area contributed by atoms with E-state index in [2.05, 4.69) is 4.74 Å². The molecule has 0 radical (unpaired) electrons. The summed E-state index contributed by atoms with van der Waals surface area (Å²) < 4.78 is 4.33. The maximum absolute atomic E-state index is 10.5. The Morgan fingerprint density at radius 2 is 2.18 bits per heavy atom. The number of methoxy groups -OCH3 is 1. The second-order valence-corrected chi connectivity index (χ2v) is 4.55. The molecular formula is C7H13O3S+. The van der Waals surface area contributed by atoms with Crippen molar-refractivity contribution >= 4 is 16.9 Å². The number of ether oxygens (including phenoxy) is 1. The van der Waals surface area contributed by atoms with E-state index in [-0.39, 0.29) is 16.7 Å². The monoisotopic (exact) mass is 177 g/mol. The van der Waals surface area contributed by atoms with E-state index in [1.807, 2.05) is 12.5 Å². The van der Waals surface area contributed by atoms with Gasteiger partial charge in [0.15, 0.2) is 5.75 Å². The molecule has 0 bridgehead atoms. The molecule has 0 aromatic rings. The van der Waals surface area contributed by atoms with Gasteiger partial charge in [0.1, 0.15) is 5.76 Å². The van der Waals surface area contributed by atoms with Gasteiger partial charge in [-0.25, -0.2) is 4.79 Å². The minimum atomic E-state index is -0.507. The Morgan fingerprint density at radius 3 is 2.55 bits per heavy atom. The number of carbonyl (C=O) groups is 1. The van der Waals surface area contributed by atoms with Crippen molar-refractivity contribution in [3.63, 3.8) is 0 Å². The van der Waals surface area contributed by atoms with Crippen LogP contribution in [-0.4, -0.2) is 36.5 Å². The van der Waals surface area contributed by atoms with Crippen LogP contribution in [0.2, 0.25) is 0 Å². The predicted octanol–water partition coefficient (Wildman–Crippen LogP) is 0.479.